The van der Waals surface area contributed by atoms with E-state index in [1.807, 2.05) is 60.0 Å². The molecule has 46 heavy (non-hydrogen) atoms. The Morgan fingerprint density at radius 2 is 1.52 bits per heavy atom. The second-order valence-electron chi connectivity index (χ2n) is 9.43. The van der Waals surface area contributed by atoms with E-state index in [1.54, 1.807) is 31.4 Å². The van der Waals surface area contributed by atoms with Crippen molar-refractivity contribution in [1.82, 2.24) is 4.98 Å². The molecular formula is C32H21Cl4N3O5S2. The molecule has 1 unspecified atom stereocenters. The molecule has 234 valence electrons. The maximum atomic E-state index is 13.7. The molecule has 8 nitrogen and oxygen atoms in total. The molecule has 14 heteroatoms. The lowest BCUT2D eigenvalue weighted by atomic mass is 10.1. The Balaban J connectivity index is 1.39. The number of nitrogens with zero attached hydrogens (tertiary/aromatic N) is 1. The number of carbonyl (C=O) groups excluding carboxylic acids is 2. The first-order chi connectivity index (χ1) is 22.1. The van der Waals surface area contributed by atoms with Crippen LogP contribution >= 0.6 is 69.5 Å². The number of anilines is 2. The van der Waals surface area contributed by atoms with Crippen molar-refractivity contribution < 1.29 is 24.2 Å². The highest BCUT2D eigenvalue weighted by Gasteiger charge is 2.29. The van der Waals surface area contributed by atoms with Crippen molar-refractivity contribution in [2.24, 2.45) is 0 Å². The average Bonchev–Trinajstić information content (AvgIpc) is 3.52. The molecule has 5 aromatic rings. The number of thioether (sulfide) groups is 1. The predicted octanol–water partition coefficient (Wildman–Crippen LogP) is 9.85. The van der Waals surface area contributed by atoms with Gasteiger partial charge in [0.25, 0.3) is 5.91 Å². The Kier molecular flexibility index (Phi) is 10.8. The fourth-order valence-corrected chi connectivity index (χ4v) is 7.22. The van der Waals surface area contributed by atoms with Gasteiger partial charge in [0.2, 0.25) is 5.91 Å². The van der Waals surface area contributed by atoms with Crippen molar-refractivity contribution in [3.05, 3.63) is 121 Å². The van der Waals surface area contributed by atoms with Crippen molar-refractivity contribution in [2.75, 3.05) is 17.7 Å². The summed E-state index contributed by atoms with van der Waals surface area (Å²) in [5, 5.41) is 15.5. The van der Waals surface area contributed by atoms with Crippen molar-refractivity contribution >= 4 is 98.1 Å². The summed E-state index contributed by atoms with van der Waals surface area (Å²) in [6.07, 6.45) is 0. The quantitative estimate of drug-likeness (QED) is 0.0743. The molecule has 0 aliphatic rings. The number of amides is 2. The molecule has 0 saturated carbocycles. The molecule has 1 atom stereocenters. The fraction of sp³-hybridized carbons (Fsp3) is 0.0625. The van der Waals surface area contributed by atoms with Crippen LogP contribution in [-0.2, 0) is 4.79 Å². The summed E-state index contributed by atoms with van der Waals surface area (Å²) in [6.45, 7) is 0. The first kappa shape index (κ1) is 33.6. The number of carboxylic acid groups (broad SMARTS) is 1. The third-order valence-corrected chi connectivity index (χ3v) is 10.3. The molecule has 2 amide bonds. The summed E-state index contributed by atoms with van der Waals surface area (Å²) in [5.41, 5.74) is 1.49. The molecule has 0 spiro atoms. The molecule has 1 aromatic heterocycles. The van der Waals surface area contributed by atoms with E-state index < -0.39 is 33.3 Å². The third-order valence-electron chi connectivity index (χ3n) is 6.51. The molecule has 0 saturated heterocycles. The lowest BCUT2D eigenvalue weighted by molar-refractivity contribution is -0.115. The van der Waals surface area contributed by atoms with Crippen molar-refractivity contribution in [1.29, 1.82) is 0 Å². The summed E-state index contributed by atoms with van der Waals surface area (Å²) < 4.78 is 5.45. The maximum absolute atomic E-state index is 13.7. The van der Waals surface area contributed by atoms with Crippen molar-refractivity contribution in [2.45, 2.75) is 10.1 Å². The third kappa shape index (κ3) is 7.28. The number of aromatic carboxylic acids is 1. The molecule has 0 radical (unpaired) electrons. The van der Waals surface area contributed by atoms with Gasteiger partial charge in [-0.2, -0.15) is 0 Å². The zero-order chi connectivity index (χ0) is 33.0. The number of benzene rings is 4. The molecular weight excluding hydrogens is 712 g/mol. The molecule has 4 aromatic carbocycles. The summed E-state index contributed by atoms with van der Waals surface area (Å²) in [4.78, 5) is 44.2. The SMILES string of the molecule is COc1ccccc1-c1csc(NC(=O)C(Sc2cccc(NC(=O)c3c(Cl)c(Cl)c(Cl)c(Cl)c3C(=O)O)c2)c2ccccc2)n1. The van der Waals surface area contributed by atoms with E-state index in [4.69, 9.17) is 51.1 Å². The minimum Gasteiger partial charge on any atom is -0.496 e. The Hall–Kier alpha value is -3.77. The summed E-state index contributed by atoms with van der Waals surface area (Å²) in [7, 11) is 1.58. The van der Waals surface area contributed by atoms with Crippen LogP contribution in [0.5, 0.6) is 5.75 Å². The van der Waals surface area contributed by atoms with E-state index in [2.05, 4.69) is 15.6 Å². The number of ether oxygens (including phenoxy) is 1. The smallest absolute Gasteiger partial charge is 0.338 e. The van der Waals surface area contributed by atoms with E-state index in [-0.39, 0.29) is 21.0 Å². The normalized spacial score (nSPS) is 11.5. The summed E-state index contributed by atoms with van der Waals surface area (Å²) in [5.74, 6) is -2.02. The Morgan fingerprint density at radius 3 is 2.22 bits per heavy atom. The lowest BCUT2D eigenvalue weighted by Gasteiger charge is -2.17. The van der Waals surface area contributed by atoms with Crippen LogP contribution in [0.25, 0.3) is 11.3 Å². The van der Waals surface area contributed by atoms with E-state index >= 15 is 0 Å². The summed E-state index contributed by atoms with van der Waals surface area (Å²) >= 11 is 27.0. The number of hydrogen-bond donors (Lipinski definition) is 3. The number of rotatable bonds is 10. The zero-order valence-corrected chi connectivity index (χ0v) is 28.2. The number of carboxylic acids is 1. The van der Waals surface area contributed by atoms with Crippen LogP contribution in [0, 0.1) is 0 Å². The first-order valence-electron chi connectivity index (χ1n) is 13.2. The van der Waals surface area contributed by atoms with Gasteiger partial charge in [0, 0.05) is 21.5 Å². The van der Waals surface area contributed by atoms with Gasteiger partial charge in [-0.05, 0) is 35.9 Å². The first-order valence-corrected chi connectivity index (χ1v) is 16.5. The molecule has 0 aliphatic heterocycles. The van der Waals surface area contributed by atoms with Crippen LogP contribution in [0.1, 0.15) is 31.5 Å². The Bertz CT molecular complexity index is 1960. The number of carbonyl (C=O) groups is 3. The van der Waals surface area contributed by atoms with Gasteiger partial charge in [0.1, 0.15) is 11.0 Å². The molecule has 0 bridgehead atoms. The van der Waals surface area contributed by atoms with Gasteiger partial charge < -0.3 is 20.5 Å². The molecule has 3 N–H and O–H groups in total. The van der Waals surface area contributed by atoms with Gasteiger partial charge in [-0.3, -0.25) is 9.59 Å². The molecule has 5 rings (SSSR count). The molecule has 0 fully saturated rings. The van der Waals surface area contributed by atoms with E-state index in [1.165, 1.54) is 23.1 Å². The molecule has 0 aliphatic carbocycles. The minimum absolute atomic E-state index is 0.250. The van der Waals surface area contributed by atoms with E-state index in [0.717, 1.165) is 11.1 Å². The van der Waals surface area contributed by atoms with Crippen molar-refractivity contribution in [3.8, 4) is 17.0 Å². The van der Waals surface area contributed by atoms with Crippen molar-refractivity contribution in [3.63, 3.8) is 0 Å². The predicted molar refractivity (Wildman–Crippen MR) is 186 cm³/mol. The fourth-order valence-electron chi connectivity index (χ4n) is 4.41. The van der Waals surface area contributed by atoms with Crippen LogP contribution in [0.4, 0.5) is 10.8 Å². The number of aromatic nitrogens is 1. The topological polar surface area (TPSA) is 118 Å². The number of halogens is 4. The second-order valence-corrected chi connectivity index (χ2v) is 13.0. The number of thiazole rings is 1. The van der Waals surface area contributed by atoms with Gasteiger partial charge >= 0.3 is 5.97 Å². The van der Waals surface area contributed by atoms with Gasteiger partial charge in [-0.1, -0.05) is 94.9 Å². The number of methoxy groups -OCH3 is 1. The highest BCUT2D eigenvalue weighted by molar-refractivity contribution is 8.00. The lowest BCUT2D eigenvalue weighted by Crippen LogP contribution is -2.19. The van der Waals surface area contributed by atoms with Gasteiger partial charge in [-0.25, -0.2) is 9.78 Å². The Labute approximate surface area is 291 Å². The number of hydrogen-bond acceptors (Lipinski definition) is 7. The van der Waals surface area contributed by atoms with Crippen LogP contribution < -0.4 is 15.4 Å². The number of nitrogens with one attached hydrogen (secondary N) is 2. The highest BCUT2D eigenvalue weighted by atomic mass is 35.5. The van der Waals surface area contributed by atoms with Crippen LogP contribution in [0.3, 0.4) is 0 Å². The van der Waals surface area contributed by atoms with Crippen LogP contribution in [0.15, 0.2) is 89.1 Å². The minimum atomic E-state index is -1.51. The zero-order valence-electron chi connectivity index (χ0n) is 23.5. The van der Waals surface area contributed by atoms with Crippen LogP contribution in [0.2, 0.25) is 20.1 Å². The number of para-hydroxylation sites is 1. The Morgan fingerprint density at radius 1 is 0.848 bits per heavy atom. The largest absolute Gasteiger partial charge is 0.496 e. The summed E-state index contributed by atoms with van der Waals surface area (Å²) in [6, 6.07) is 23.4. The van der Waals surface area contributed by atoms with Gasteiger partial charge in [0.05, 0.1) is 44.0 Å². The molecule has 1 heterocycles. The van der Waals surface area contributed by atoms with E-state index in [0.29, 0.717) is 27.2 Å². The van der Waals surface area contributed by atoms with Gasteiger partial charge in [0.15, 0.2) is 5.13 Å². The standard InChI is InChI=1S/C32H21Cl4N3O5S2/c1-44-21-13-6-5-12-19(21)20-15-45-32(38-20)39-30(41)28(16-8-3-2-4-9-16)46-18-11-7-10-17(14-18)37-29(40)22-23(31(42)43)25(34)27(36)26(35)24(22)33/h2-15,28H,1H3,(H,37,40)(H,42,43)(H,38,39,41). The van der Waals surface area contributed by atoms with Crippen LogP contribution in [-0.4, -0.2) is 35.0 Å². The second kappa shape index (κ2) is 14.8. The monoisotopic (exact) mass is 731 g/mol. The van der Waals surface area contributed by atoms with E-state index in [9.17, 15) is 19.5 Å². The van der Waals surface area contributed by atoms with Gasteiger partial charge in [-0.15, -0.1) is 23.1 Å². The highest BCUT2D eigenvalue weighted by Crippen LogP contribution is 2.42. The maximum Gasteiger partial charge on any atom is 0.338 e. The average molecular weight is 733 g/mol.